The van der Waals surface area contributed by atoms with Crippen LogP contribution in [0, 0.1) is 13.8 Å². The number of hydrogen-bond acceptors (Lipinski definition) is 4. The normalized spacial score (nSPS) is 18.9. The molecule has 5 heteroatoms. The van der Waals surface area contributed by atoms with Gasteiger partial charge in [0.1, 0.15) is 0 Å². The van der Waals surface area contributed by atoms with Gasteiger partial charge in [-0.15, -0.1) is 0 Å². The molecule has 0 atom stereocenters. The second-order valence-corrected chi connectivity index (χ2v) is 7.11. The smallest absolute Gasteiger partial charge is 0.276 e. The van der Waals surface area contributed by atoms with Crippen molar-refractivity contribution in [1.82, 2.24) is 9.91 Å². The van der Waals surface area contributed by atoms with E-state index in [9.17, 15) is 4.79 Å². The predicted octanol–water partition coefficient (Wildman–Crippen LogP) is 2.78. The van der Waals surface area contributed by atoms with Gasteiger partial charge in [0.25, 0.3) is 5.91 Å². The van der Waals surface area contributed by atoms with Gasteiger partial charge in [-0.25, -0.2) is 0 Å². The third-order valence-electron chi connectivity index (χ3n) is 5.13. The van der Waals surface area contributed by atoms with Crippen LogP contribution in [-0.2, 0) is 11.3 Å². The number of nitrogens with zero attached hydrogens (tertiary/aromatic N) is 3. The topological polar surface area (TPSA) is 47.9 Å². The number of hydrogen-bond donors (Lipinski definition) is 1. The molecule has 0 aromatic heterocycles. The van der Waals surface area contributed by atoms with Crippen molar-refractivity contribution in [2.45, 2.75) is 20.4 Å². The standard InChI is InChI=1S/C21H24N4O/c1-15-7-8-17(16(2)13-15)14-24-9-11-25(12-10-24)23-20-18-5-3-4-6-19(18)22-21(20)26/h3-8,13H,9-12,14H2,1-2H3,(H,22,23,26). The summed E-state index contributed by atoms with van der Waals surface area (Å²) < 4.78 is 0. The van der Waals surface area contributed by atoms with Crippen molar-refractivity contribution in [1.29, 1.82) is 0 Å². The van der Waals surface area contributed by atoms with Crippen LogP contribution in [0.1, 0.15) is 22.3 Å². The number of piperazine rings is 1. The van der Waals surface area contributed by atoms with Crippen LogP contribution >= 0.6 is 0 Å². The number of aryl methyl sites for hydroxylation is 2. The number of carbonyl (C=O) groups excluding carboxylic acids is 1. The SMILES string of the molecule is Cc1ccc(CN2CCN(/N=C3/C(=O)Nc4ccccc43)CC2)c(C)c1. The van der Waals surface area contributed by atoms with Crippen LogP contribution in [-0.4, -0.2) is 47.7 Å². The molecule has 1 N–H and O–H groups in total. The molecule has 2 aromatic rings. The van der Waals surface area contributed by atoms with Gasteiger partial charge >= 0.3 is 0 Å². The molecule has 134 valence electrons. The summed E-state index contributed by atoms with van der Waals surface area (Å²) in [6, 6.07) is 14.4. The minimum Gasteiger partial charge on any atom is -0.320 e. The second-order valence-electron chi connectivity index (χ2n) is 7.11. The number of nitrogens with one attached hydrogen (secondary N) is 1. The maximum Gasteiger partial charge on any atom is 0.276 e. The van der Waals surface area contributed by atoms with E-state index in [4.69, 9.17) is 0 Å². The summed E-state index contributed by atoms with van der Waals surface area (Å²) in [5, 5.41) is 9.55. The van der Waals surface area contributed by atoms with E-state index >= 15 is 0 Å². The fraction of sp³-hybridized carbons (Fsp3) is 0.333. The van der Waals surface area contributed by atoms with Crippen LogP contribution in [0.15, 0.2) is 47.6 Å². The first-order chi connectivity index (χ1) is 12.6. The quantitative estimate of drug-likeness (QED) is 0.928. The van der Waals surface area contributed by atoms with E-state index in [1.165, 1.54) is 16.7 Å². The van der Waals surface area contributed by atoms with Crippen molar-refractivity contribution in [3.63, 3.8) is 0 Å². The Balaban J connectivity index is 1.40. The van der Waals surface area contributed by atoms with E-state index in [0.717, 1.165) is 44.0 Å². The molecule has 0 radical (unpaired) electrons. The summed E-state index contributed by atoms with van der Waals surface area (Å²) in [5.74, 6) is -0.107. The zero-order valence-corrected chi connectivity index (χ0v) is 15.3. The maximum absolute atomic E-state index is 12.2. The van der Waals surface area contributed by atoms with E-state index in [-0.39, 0.29) is 5.91 Å². The van der Waals surface area contributed by atoms with Crippen molar-refractivity contribution in [2.75, 3.05) is 31.5 Å². The van der Waals surface area contributed by atoms with Crippen molar-refractivity contribution in [2.24, 2.45) is 5.10 Å². The summed E-state index contributed by atoms with van der Waals surface area (Å²) in [4.78, 5) is 14.7. The Morgan fingerprint density at radius 1 is 1.04 bits per heavy atom. The van der Waals surface area contributed by atoms with Gasteiger partial charge in [0, 0.05) is 38.3 Å². The summed E-state index contributed by atoms with van der Waals surface area (Å²) in [6.45, 7) is 8.86. The monoisotopic (exact) mass is 348 g/mol. The lowest BCUT2D eigenvalue weighted by molar-refractivity contribution is -0.110. The highest BCUT2D eigenvalue weighted by atomic mass is 16.2. The molecule has 0 bridgehead atoms. The number of fused-ring (bicyclic) bond motifs is 1. The van der Waals surface area contributed by atoms with Crippen molar-refractivity contribution >= 4 is 17.3 Å². The van der Waals surface area contributed by atoms with Gasteiger partial charge in [0.05, 0.1) is 5.69 Å². The van der Waals surface area contributed by atoms with E-state index in [0.29, 0.717) is 5.71 Å². The molecule has 2 heterocycles. The van der Waals surface area contributed by atoms with Crippen molar-refractivity contribution in [3.05, 3.63) is 64.7 Å². The first kappa shape index (κ1) is 16.8. The van der Waals surface area contributed by atoms with Gasteiger partial charge in [-0.1, -0.05) is 42.0 Å². The Labute approximate surface area is 154 Å². The number of carbonyl (C=O) groups is 1. The maximum atomic E-state index is 12.2. The highest BCUT2D eigenvalue weighted by molar-refractivity contribution is 6.53. The Bertz CT molecular complexity index is 866. The van der Waals surface area contributed by atoms with E-state index in [1.54, 1.807) is 0 Å². The van der Waals surface area contributed by atoms with Gasteiger partial charge < -0.3 is 5.32 Å². The molecule has 4 rings (SSSR count). The molecule has 0 spiro atoms. The molecule has 1 amide bonds. The third-order valence-corrected chi connectivity index (χ3v) is 5.13. The highest BCUT2D eigenvalue weighted by Crippen LogP contribution is 2.23. The summed E-state index contributed by atoms with van der Waals surface area (Å²) in [7, 11) is 0. The Morgan fingerprint density at radius 3 is 2.58 bits per heavy atom. The van der Waals surface area contributed by atoms with Crippen LogP contribution in [0.2, 0.25) is 0 Å². The van der Waals surface area contributed by atoms with E-state index in [2.05, 4.69) is 47.4 Å². The van der Waals surface area contributed by atoms with Crippen LogP contribution in [0.4, 0.5) is 5.69 Å². The predicted molar refractivity (Wildman–Crippen MR) is 104 cm³/mol. The molecule has 2 aliphatic heterocycles. The fourth-order valence-electron chi connectivity index (χ4n) is 3.60. The Kier molecular flexibility index (Phi) is 4.47. The number of anilines is 1. The lowest BCUT2D eigenvalue weighted by Gasteiger charge is -2.33. The molecule has 1 fully saturated rings. The molecule has 0 unspecified atom stereocenters. The van der Waals surface area contributed by atoms with Gasteiger partial charge in [-0.2, -0.15) is 5.10 Å². The van der Waals surface area contributed by atoms with Gasteiger partial charge in [-0.3, -0.25) is 14.7 Å². The Hall–Kier alpha value is -2.66. The molecule has 5 nitrogen and oxygen atoms in total. The zero-order chi connectivity index (χ0) is 18.1. The minimum atomic E-state index is -0.107. The number of para-hydroxylation sites is 1. The molecule has 2 aliphatic rings. The Morgan fingerprint density at radius 2 is 1.81 bits per heavy atom. The van der Waals surface area contributed by atoms with Crippen LogP contribution < -0.4 is 5.32 Å². The number of amides is 1. The first-order valence-electron chi connectivity index (χ1n) is 9.13. The van der Waals surface area contributed by atoms with Crippen LogP contribution in [0.25, 0.3) is 0 Å². The van der Waals surface area contributed by atoms with Crippen molar-refractivity contribution in [3.8, 4) is 0 Å². The number of hydrazone groups is 1. The number of benzene rings is 2. The minimum absolute atomic E-state index is 0.107. The molecule has 1 saturated heterocycles. The largest absolute Gasteiger partial charge is 0.320 e. The average molecular weight is 348 g/mol. The third kappa shape index (κ3) is 3.35. The lowest BCUT2D eigenvalue weighted by Crippen LogP contribution is -2.44. The summed E-state index contributed by atoms with van der Waals surface area (Å²) in [5.41, 5.74) is 6.33. The fourth-order valence-corrected chi connectivity index (χ4v) is 3.60. The molecule has 2 aromatic carbocycles. The van der Waals surface area contributed by atoms with Gasteiger partial charge in [0.15, 0.2) is 5.71 Å². The molecule has 26 heavy (non-hydrogen) atoms. The molecular formula is C21H24N4O. The molecule has 0 aliphatic carbocycles. The summed E-state index contributed by atoms with van der Waals surface area (Å²) in [6.07, 6.45) is 0. The molecular weight excluding hydrogens is 324 g/mol. The second kappa shape index (κ2) is 6.92. The summed E-state index contributed by atoms with van der Waals surface area (Å²) >= 11 is 0. The number of rotatable bonds is 3. The highest BCUT2D eigenvalue weighted by Gasteiger charge is 2.27. The van der Waals surface area contributed by atoms with E-state index < -0.39 is 0 Å². The van der Waals surface area contributed by atoms with Crippen LogP contribution in [0.5, 0.6) is 0 Å². The lowest BCUT2D eigenvalue weighted by atomic mass is 10.1. The van der Waals surface area contributed by atoms with Gasteiger partial charge in [0.2, 0.25) is 0 Å². The molecule has 0 saturated carbocycles. The van der Waals surface area contributed by atoms with Crippen LogP contribution in [0.3, 0.4) is 0 Å². The van der Waals surface area contributed by atoms with E-state index in [1.807, 2.05) is 29.3 Å². The van der Waals surface area contributed by atoms with Crippen molar-refractivity contribution < 1.29 is 4.79 Å². The van der Waals surface area contributed by atoms with Gasteiger partial charge in [-0.05, 0) is 31.0 Å². The average Bonchev–Trinajstić information content (AvgIpc) is 2.94. The first-order valence-corrected chi connectivity index (χ1v) is 9.13. The zero-order valence-electron chi connectivity index (χ0n) is 15.3.